The first kappa shape index (κ1) is 19.4. The highest BCUT2D eigenvalue weighted by molar-refractivity contribution is 5.46. The first-order valence-corrected chi connectivity index (χ1v) is 12.2. The van der Waals surface area contributed by atoms with Gasteiger partial charge in [0.1, 0.15) is 5.76 Å². The fourth-order valence-corrected chi connectivity index (χ4v) is 9.39. The first-order valence-electron chi connectivity index (χ1n) is 12.2. The zero-order valence-electron chi connectivity index (χ0n) is 18.5. The van der Waals surface area contributed by atoms with Gasteiger partial charge >= 0.3 is 0 Å². The van der Waals surface area contributed by atoms with Gasteiger partial charge in [0.15, 0.2) is 5.79 Å². The molecular formula is C26H35NO3. The van der Waals surface area contributed by atoms with Gasteiger partial charge in [-0.15, -0.1) is 0 Å². The summed E-state index contributed by atoms with van der Waals surface area (Å²) >= 11 is 0. The topological polar surface area (TPSA) is 62.5 Å². The Bertz CT molecular complexity index is 869. The number of nitrogens with zero attached hydrogens (tertiary/aromatic N) is 1. The number of nitriles is 1. The summed E-state index contributed by atoms with van der Waals surface area (Å²) in [7, 11) is 0. The maximum Gasteiger partial charge on any atom is 0.174 e. The lowest BCUT2D eigenvalue weighted by Gasteiger charge is -2.60. The number of fused-ring (bicyclic) bond motifs is 7. The lowest BCUT2D eigenvalue weighted by molar-refractivity contribution is -0.242. The van der Waals surface area contributed by atoms with Crippen molar-refractivity contribution in [1.82, 2.24) is 0 Å². The predicted molar refractivity (Wildman–Crippen MR) is 113 cm³/mol. The van der Waals surface area contributed by atoms with E-state index in [-0.39, 0.29) is 22.0 Å². The lowest BCUT2D eigenvalue weighted by atomic mass is 9.44. The maximum absolute atomic E-state index is 11.2. The van der Waals surface area contributed by atoms with Crippen molar-refractivity contribution >= 4 is 0 Å². The Morgan fingerprint density at radius 2 is 1.73 bits per heavy atom. The highest BCUT2D eigenvalue weighted by Gasteiger charge is 2.68. The van der Waals surface area contributed by atoms with Crippen LogP contribution in [0, 0.1) is 45.3 Å². The molecule has 5 aliphatic carbocycles. The summed E-state index contributed by atoms with van der Waals surface area (Å²) in [6, 6.07) is 2.41. The summed E-state index contributed by atoms with van der Waals surface area (Å²) in [5.41, 5.74) is 1.99. The van der Waals surface area contributed by atoms with E-state index in [0.29, 0.717) is 35.5 Å². The Morgan fingerprint density at radius 1 is 1.03 bits per heavy atom. The van der Waals surface area contributed by atoms with E-state index in [9.17, 15) is 10.4 Å². The summed E-state index contributed by atoms with van der Waals surface area (Å²) in [6.45, 7) is 6.32. The minimum absolute atomic E-state index is 0.000969. The molecule has 0 aromatic heterocycles. The third-order valence-corrected chi connectivity index (χ3v) is 10.7. The molecule has 2 spiro atoms. The fourth-order valence-electron chi connectivity index (χ4n) is 9.39. The summed E-state index contributed by atoms with van der Waals surface area (Å²) < 4.78 is 12.6. The molecule has 4 nitrogen and oxygen atoms in total. The number of ether oxygens (including phenoxy) is 2. The van der Waals surface area contributed by atoms with E-state index in [0.717, 1.165) is 58.2 Å². The molecule has 1 N–H and O–H groups in total. The van der Waals surface area contributed by atoms with Crippen molar-refractivity contribution in [3.05, 3.63) is 23.0 Å². The van der Waals surface area contributed by atoms with Crippen molar-refractivity contribution < 1.29 is 14.6 Å². The molecule has 4 heteroatoms. The maximum atomic E-state index is 11.2. The molecule has 3 unspecified atom stereocenters. The Hall–Kier alpha value is -1.31. The highest BCUT2D eigenvalue weighted by Crippen LogP contribution is 2.71. The van der Waals surface area contributed by atoms with Crippen molar-refractivity contribution in [3.63, 3.8) is 0 Å². The van der Waals surface area contributed by atoms with E-state index in [2.05, 4.69) is 26.0 Å². The van der Waals surface area contributed by atoms with E-state index in [4.69, 9.17) is 9.47 Å². The van der Waals surface area contributed by atoms with Gasteiger partial charge in [-0.3, -0.25) is 0 Å². The quantitative estimate of drug-likeness (QED) is 0.513. The molecule has 1 saturated heterocycles. The number of allylic oxidation sites excluding steroid dienone is 3. The van der Waals surface area contributed by atoms with Crippen LogP contribution in [-0.2, 0) is 9.47 Å². The standard InChI is InChI=1S/C26H35NO3/c1-23-15-17(16-27)22(28)25(9-3-4-10-25)21(23)6-5-18-19(23)7-11-24(2)20(18)8-12-26(24)29-13-14-30-26/h6,18-20,28H,3-5,7-15H2,1-2H3/t18?,19-,20-,23?,24?/m0/s1. The van der Waals surface area contributed by atoms with Gasteiger partial charge in [-0.2, -0.15) is 5.26 Å². The molecule has 6 rings (SSSR count). The number of aliphatic hydroxyl groups is 1. The van der Waals surface area contributed by atoms with Crippen LogP contribution < -0.4 is 0 Å². The third kappa shape index (κ3) is 2.10. The Morgan fingerprint density at radius 3 is 2.43 bits per heavy atom. The van der Waals surface area contributed by atoms with Gasteiger partial charge in [0.05, 0.1) is 24.9 Å². The largest absolute Gasteiger partial charge is 0.510 e. The monoisotopic (exact) mass is 409 g/mol. The Balaban J connectivity index is 1.42. The number of hydrogen-bond donors (Lipinski definition) is 1. The first-order chi connectivity index (χ1) is 14.4. The fraction of sp³-hybridized carbons (Fsp3) is 0.808. The Labute approximate surface area is 180 Å². The predicted octanol–water partition coefficient (Wildman–Crippen LogP) is 5.81. The number of rotatable bonds is 0. The molecule has 30 heavy (non-hydrogen) atoms. The van der Waals surface area contributed by atoms with Crippen LogP contribution in [0.3, 0.4) is 0 Å². The molecule has 0 aromatic carbocycles. The van der Waals surface area contributed by atoms with Crippen LogP contribution in [0.1, 0.15) is 78.1 Å². The van der Waals surface area contributed by atoms with Gasteiger partial charge < -0.3 is 14.6 Å². The van der Waals surface area contributed by atoms with Gasteiger partial charge in [0.25, 0.3) is 0 Å². The van der Waals surface area contributed by atoms with Crippen molar-refractivity contribution in [2.45, 2.75) is 83.8 Å². The molecule has 5 atom stereocenters. The molecule has 4 fully saturated rings. The van der Waals surface area contributed by atoms with Gasteiger partial charge in [0.2, 0.25) is 0 Å². The Kier molecular flexibility index (Phi) is 3.97. The summed E-state index contributed by atoms with van der Waals surface area (Å²) in [5, 5.41) is 21.1. The van der Waals surface area contributed by atoms with E-state index < -0.39 is 0 Å². The van der Waals surface area contributed by atoms with Crippen LogP contribution in [0.2, 0.25) is 0 Å². The van der Waals surface area contributed by atoms with Crippen LogP contribution in [0.4, 0.5) is 0 Å². The van der Waals surface area contributed by atoms with Crippen molar-refractivity contribution in [2.24, 2.45) is 34.0 Å². The van der Waals surface area contributed by atoms with Gasteiger partial charge in [0, 0.05) is 17.3 Å². The van der Waals surface area contributed by atoms with Crippen molar-refractivity contribution in [2.75, 3.05) is 13.2 Å². The molecular weight excluding hydrogens is 374 g/mol. The van der Waals surface area contributed by atoms with Gasteiger partial charge in [-0.05, 0) is 68.1 Å². The SMILES string of the molecule is CC12CC(C#N)=C(O)C3(CCCC3)C1=CCC1[C@@H]2CCC2(C)[C@H]1CCC21OCCO1. The van der Waals surface area contributed by atoms with E-state index in [1.165, 1.54) is 18.4 Å². The highest BCUT2D eigenvalue weighted by atomic mass is 16.7. The molecule has 0 amide bonds. The average Bonchev–Trinajstić information content (AvgIpc) is 3.47. The molecule has 3 saturated carbocycles. The van der Waals surface area contributed by atoms with Crippen LogP contribution in [0.25, 0.3) is 0 Å². The normalized spacial score (nSPS) is 45.8. The molecule has 1 aliphatic heterocycles. The van der Waals surface area contributed by atoms with E-state index in [1.807, 2.05) is 0 Å². The number of hydrogen-bond acceptors (Lipinski definition) is 4. The van der Waals surface area contributed by atoms with Crippen molar-refractivity contribution in [1.29, 1.82) is 5.26 Å². The zero-order valence-corrected chi connectivity index (χ0v) is 18.5. The second-order valence-electron chi connectivity index (χ2n) is 11.5. The van der Waals surface area contributed by atoms with Crippen molar-refractivity contribution in [3.8, 4) is 6.07 Å². The zero-order chi connectivity index (χ0) is 20.8. The molecule has 6 aliphatic rings. The number of aliphatic hydroxyl groups excluding tert-OH is 1. The molecule has 0 radical (unpaired) electrons. The smallest absolute Gasteiger partial charge is 0.174 e. The lowest BCUT2D eigenvalue weighted by Crippen LogP contribution is -2.56. The second kappa shape index (κ2) is 6.14. The summed E-state index contributed by atoms with van der Waals surface area (Å²) in [6.07, 6.45) is 13.2. The molecule has 0 bridgehead atoms. The van der Waals surface area contributed by atoms with E-state index >= 15 is 0 Å². The van der Waals surface area contributed by atoms with Gasteiger partial charge in [-0.25, -0.2) is 0 Å². The minimum atomic E-state index is -0.358. The molecule has 0 aromatic rings. The van der Waals surface area contributed by atoms with Gasteiger partial charge in [-0.1, -0.05) is 38.3 Å². The average molecular weight is 410 g/mol. The summed E-state index contributed by atoms with van der Waals surface area (Å²) in [4.78, 5) is 0. The minimum Gasteiger partial charge on any atom is -0.510 e. The second-order valence-corrected chi connectivity index (χ2v) is 11.5. The van der Waals surface area contributed by atoms with Crippen LogP contribution in [0.5, 0.6) is 0 Å². The van der Waals surface area contributed by atoms with Crippen LogP contribution >= 0.6 is 0 Å². The van der Waals surface area contributed by atoms with Crippen LogP contribution in [0.15, 0.2) is 23.0 Å². The summed E-state index contributed by atoms with van der Waals surface area (Å²) in [5.74, 6) is 1.89. The molecule has 1 heterocycles. The van der Waals surface area contributed by atoms with Crippen LogP contribution in [-0.4, -0.2) is 24.1 Å². The van der Waals surface area contributed by atoms with E-state index in [1.54, 1.807) is 0 Å². The third-order valence-electron chi connectivity index (χ3n) is 10.7. The molecule has 162 valence electrons.